The summed E-state index contributed by atoms with van der Waals surface area (Å²) in [4.78, 5) is 24.1. The lowest BCUT2D eigenvalue weighted by molar-refractivity contribution is -0.138. The SMILES string of the molecule is Cc1ccc2[nH]cc(C[C@H](N)C(=O)O)c2c1.Nc1ccccc1C(=O)O. The molecule has 0 fully saturated rings. The van der Waals surface area contributed by atoms with Crippen LogP contribution in [0, 0.1) is 6.92 Å². The number of hydrogen-bond donors (Lipinski definition) is 5. The van der Waals surface area contributed by atoms with Crippen LogP contribution in [0.25, 0.3) is 10.9 Å². The van der Waals surface area contributed by atoms with Crippen molar-refractivity contribution in [1.82, 2.24) is 4.98 Å². The highest BCUT2D eigenvalue weighted by atomic mass is 16.4. The highest BCUT2D eigenvalue weighted by Crippen LogP contribution is 2.20. The van der Waals surface area contributed by atoms with Crippen molar-refractivity contribution in [2.45, 2.75) is 19.4 Å². The maximum atomic E-state index is 10.7. The molecule has 1 aromatic heterocycles. The number of aromatic amines is 1. The summed E-state index contributed by atoms with van der Waals surface area (Å²) < 4.78 is 0. The van der Waals surface area contributed by atoms with Crippen LogP contribution in [-0.4, -0.2) is 33.2 Å². The molecule has 0 aliphatic carbocycles. The molecule has 0 saturated carbocycles. The summed E-state index contributed by atoms with van der Waals surface area (Å²) in [5, 5.41) is 18.3. The van der Waals surface area contributed by atoms with Gasteiger partial charge in [-0.3, -0.25) is 4.79 Å². The number of aromatic carboxylic acids is 1. The van der Waals surface area contributed by atoms with E-state index < -0.39 is 18.0 Å². The van der Waals surface area contributed by atoms with Gasteiger partial charge < -0.3 is 26.7 Å². The Morgan fingerprint density at radius 2 is 1.85 bits per heavy atom. The average Bonchev–Trinajstić information content (AvgIpc) is 2.97. The van der Waals surface area contributed by atoms with Gasteiger partial charge in [0, 0.05) is 29.2 Å². The van der Waals surface area contributed by atoms with E-state index >= 15 is 0 Å². The molecule has 1 heterocycles. The van der Waals surface area contributed by atoms with Crippen LogP contribution >= 0.6 is 0 Å². The Bertz CT molecular complexity index is 933. The van der Waals surface area contributed by atoms with Crippen LogP contribution in [0.2, 0.25) is 0 Å². The summed E-state index contributed by atoms with van der Waals surface area (Å²) in [5.74, 6) is -1.96. The molecular weight excluding hydrogens is 334 g/mol. The molecule has 7 heteroatoms. The Kier molecular flexibility index (Phi) is 5.98. The molecule has 136 valence electrons. The molecule has 2 aromatic carbocycles. The number of fused-ring (bicyclic) bond motifs is 1. The van der Waals surface area contributed by atoms with E-state index in [2.05, 4.69) is 4.98 Å². The van der Waals surface area contributed by atoms with Gasteiger partial charge in [-0.2, -0.15) is 0 Å². The summed E-state index contributed by atoms with van der Waals surface area (Å²) in [6.45, 7) is 2.01. The Balaban J connectivity index is 0.000000209. The Morgan fingerprint density at radius 1 is 1.15 bits per heavy atom. The number of carbonyl (C=O) groups is 2. The number of anilines is 1. The van der Waals surface area contributed by atoms with Gasteiger partial charge in [0.1, 0.15) is 6.04 Å². The van der Waals surface area contributed by atoms with E-state index in [-0.39, 0.29) is 5.56 Å². The third-order valence-electron chi connectivity index (χ3n) is 3.87. The van der Waals surface area contributed by atoms with Crippen LogP contribution in [-0.2, 0) is 11.2 Å². The van der Waals surface area contributed by atoms with E-state index in [1.807, 2.05) is 31.3 Å². The number of nitrogen functional groups attached to an aromatic ring is 1. The van der Waals surface area contributed by atoms with E-state index in [4.69, 9.17) is 21.7 Å². The van der Waals surface area contributed by atoms with Crippen molar-refractivity contribution in [2.24, 2.45) is 5.73 Å². The number of hydrogen-bond acceptors (Lipinski definition) is 4. The number of nitrogens with one attached hydrogen (secondary N) is 1. The quantitative estimate of drug-likeness (QED) is 0.455. The first kappa shape index (κ1) is 19.0. The number of carboxylic acid groups (broad SMARTS) is 2. The molecule has 0 aliphatic rings. The van der Waals surface area contributed by atoms with Crippen molar-refractivity contribution >= 4 is 28.5 Å². The lowest BCUT2D eigenvalue weighted by Gasteiger charge is -2.05. The zero-order valence-electron chi connectivity index (χ0n) is 14.3. The first-order valence-corrected chi connectivity index (χ1v) is 7.92. The Hall–Kier alpha value is -3.32. The topological polar surface area (TPSA) is 142 Å². The molecule has 0 amide bonds. The average molecular weight is 355 g/mol. The fourth-order valence-electron chi connectivity index (χ4n) is 2.48. The fourth-order valence-corrected chi connectivity index (χ4v) is 2.48. The Labute approximate surface area is 150 Å². The maximum absolute atomic E-state index is 10.7. The van der Waals surface area contributed by atoms with E-state index in [1.54, 1.807) is 18.2 Å². The molecule has 0 radical (unpaired) electrons. The van der Waals surface area contributed by atoms with Crippen molar-refractivity contribution in [3.63, 3.8) is 0 Å². The number of rotatable bonds is 4. The summed E-state index contributed by atoms with van der Waals surface area (Å²) in [7, 11) is 0. The van der Waals surface area contributed by atoms with Gasteiger partial charge in [0.15, 0.2) is 0 Å². The summed E-state index contributed by atoms with van der Waals surface area (Å²) in [6, 6.07) is 11.6. The Morgan fingerprint density at radius 3 is 2.42 bits per heavy atom. The van der Waals surface area contributed by atoms with Gasteiger partial charge >= 0.3 is 11.9 Å². The van der Waals surface area contributed by atoms with Crippen LogP contribution in [0.1, 0.15) is 21.5 Å². The number of aryl methyl sites for hydroxylation is 1. The van der Waals surface area contributed by atoms with Crippen molar-refractivity contribution in [3.8, 4) is 0 Å². The van der Waals surface area contributed by atoms with Gasteiger partial charge in [-0.25, -0.2) is 4.79 Å². The minimum Gasteiger partial charge on any atom is -0.480 e. The molecule has 0 aliphatic heterocycles. The standard InChI is InChI=1S/C12H14N2O2.C7H7NO2/c1-7-2-3-11-9(4-7)8(6-14-11)5-10(13)12(15)16;8-6-4-2-1-3-5(6)7(9)10/h2-4,6,10,14H,5,13H2,1H3,(H,15,16);1-4H,8H2,(H,9,10)/t10-;/m0./s1. The van der Waals surface area contributed by atoms with Gasteiger partial charge in [0.2, 0.25) is 0 Å². The van der Waals surface area contributed by atoms with Crippen molar-refractivity contribution in [2.75, 3.05) is 5.73 Å². The monoisotopic (exact) mass is 355 g/mol. The van der Waals surface area contributed by atoms with E-state index in [9.17, 15) is 9.59 Å². The largest absolute Gasteiger partial charge is 0.480 e. The zero-order chi connectivity index (χ0) is 19.3. The zero-order valence-corrected chi connectivity index (χ0v) is 14.3. The number of aromatic nitrogens is 1. The first-order valence-electron chi connectivity index (χ1n) is 7.92. The molecule has 26 heavy (non-hydrogen) atoms. The van der Waals surface area contributed by atoms with E-state index in [1.165, 1.54) is 6.07 Å². The fraction of sp³-hybridized carbons (Fsp3) is 0.158. The molecule has 0 bridgehead atoms. The number of benzene rings is 2. The minimum absolute atomic E-state index is 0.155. The second-order valence-electron chi connectivity index (χ2n) is 5.90. The van der Waals surface area contributed by atoms with Crippen LogP contribution in [0.5, 0.6) is 0 Å². The molecule has 0 unspecified atom stereocenters. The highest BCUT2D eigenvalue weighted by molar-refractivity contribution is 5.93. The van der Waals surface area contributed by atoms with Crippen LogP contribution in [0.15, 0.2) is 48.7 Å². The number of H-pyrrole nitrogens is 1. The van der Waals surface area contributed by atoms with Crippen LogP contribution in [0.3, 0.4) is 0 Å². The second-order valence-corrected chi connectivity index (χ2v) is 5.90. The lowest BCUT2D eigenvalue weighted by atomic mass is 10.0. The highest BCUT2D eigenvalue weighted by Gasteiger charge is 2.14. The van der Waals surface area contributed by atoms with Gasteiger partial charge in [0.05, 0.1) is 5.56 Å². The maximum Gasteiger partial charge on any atom is 0.337 e. The third-order valence-corrected chi connectivity index (χ3v) is 3.87. The predicted molar refractivity (Wildman–Crippen MR) is 100 cm³/mol. The number of aliphatic carboxylic acids is 1. The van der Waals surface area contributed by atoms with Crippen LogP contribution in [0.4, 0.5) is 5.69 Å². The van der Waals surface area contributed by atoms with Gasteiger partial charge in [-0.05, 0) is 36.8 Å². The summed E-state index contributed by atoms with van der Waals surface area (Å²) in [6.07, 6.45) is 2.17. The molecular formula is C19H21N3O4. The molecule has 3 aromatic rings. The number of nitrogens with two attached hydrogens (primary N) is 2. The minimum atomic E-state index is -0.988. The lowest BCUT2D eigenvalue weighted by Crippen LogP contribution is -2.32. The summed E-state index contributed by atoms with van der Waals surface area (Å²) in [5.41, 5.74) is 14.4. The summed E-state index contributed by atoms with van der Waals surface area (Å²) >= 11 is 0. The van der Waals surface area contributed by atoms with Gasteiger partial charge in [-0.1, -0.05) is 23.8 Å². The third kappa shape index (κ3) is 4.61. The number of para-hydroxylation sites is 1. The molecule has 7 N–H and O–H groups in total. The van der Waals surface area contributed by atoms with Crippen LogP contribution < -0.4 is 11.5 Å². The molecule has 0 saturated heterocycles. The molecule has 3 rings (SSSR count). The number of carboxylic acids is 2. The van der Waals surface area contributed by atoms with Gasteiger partial charge in [0.25, 0.3) is 0 Å². The smallest absolute Gasteiger partial charge is 0.337 e. The first-order chi connectivity index (χ1) is 12.3. The molecule has 7 nitrogen and oxygen atoms in total. The van der Waals surface area contributed by atoms with Crippen molar-refractivity contribution in [3.05, 3.63) is 65.4 Å². The molecule has 1 atom stereocenters. The second kappa shape index (κ2) is 8.17. The van der Waals surface area contributed by atoms with Crippen molar-refractivity contribution in [1.29, 1.82) is 0 Å². The normalized spacial score (nSPS) is 11.5. The molecule has 0 spiro atoms. The van der Waals surface area contributed by atoms with E-state index in [0.29, 0.717) is 12.1 Å². The van der Waals surface area contributed by atoms with E-state index in [0.717, 1.165) is 22.0 Å². The van der Waals surface area contributed by atoms with Crippen molar-refractivity contribution < 1.29 is 19.8 Å². The van der Waals surface area contributed by atoms with Gasteiger partial charge in [-0.15, -0.1) is 0 Å². The predicted octanol–water partition coefficient (Wildman–Crippen LogP) is 2.40.